The number of Topliss-reactive ketones (excluding diaryl/α,β-unsaturated/α-hetero) is 1. The maximum absolute atomic E-state index is 12.8. The molecular weight excluding hydrogens is 412 g/mol. The molecule has 0 amide bonds. The van der Waals surface area contributed by atoms with Crippen LogP contribution in [-0.4, -0.2) is 40.7 Å². The summed E-state index contributed by atoms with van der Waals surface area (Å²) >= 11 is 0. The van der Waals surface area contributed by atoms with Gasteiger partial charge in [-0.3, -0.25) is 4.79 Å². The number of halogens is 1. The second-order valence-corrected chi connectivity index (χ2v) is 8.66. The van der Waals surface area contributed by atoms with Crippen LogP contribution in [0, 0.1) is 12.8 Å². The third-order valence-corrected chi connectivity index (χ3v) is 6.62. The number of carbonyl (C=O) groups is 1. The third-order valence-electron chi connectivity index (χ3n) is 6.62. The highest BCUT2D eigenvalue weighted by Crippen LogP contribution is 2.31. The first-order valence-corrected chi connectivity index (χ1v) is 10.9. The number of ketones is 1. The van der Waals surface area contributed by atoms with Gasteiger partial charge in [-0.1, -0.05) is 36.4 Å². The van der Waals surface area contributed by atoms with Gasteiger partial charge in [0.05, 0.1) is 0 Å². The monoisotopic (exact) mass is 440 g/mol. The van der Waals surface area contributed by atoms with Gasteiger partial charge in [0.2, 0.25) is 0 Å². The Balaban J connectivity index is 0.00000231. The molecule has 5 nitrogen and oxygen atoms in total. The number of nitrogens with one attached hydrogen (secondary N) is 2. The second-order valence-electron chi connectivity index (χ2n) is 8.66. The van der Waals surface area contributed by atoms with E-state index in [1.165, 1.54) is 0 Å². The molecule has 6 heteroatoms. The molecule has 0 radical (unpaired) electrons. The van der Waals surface area contributed by atoms with Gasteiger partial charge in [-0.05, 0) is 50.1 Å². The molecular formula is C25H29ClN2O3. The van der Waals surface area contributed by atoms with Crippen molar-refractivity contribution in [3.63, 3.8) is 0 Å². The summed E-state index contributed by atoms with van der Waals surface area (Å²) in [6.45, 7) is 2.59. The molecule has 3 aromatic rings. The van der Waals surface area contributed by atoms with Gasteiger partial charge in [-0.2, -0.15) is 0 Å². The van der Waals surface area contributed by atoms with Gasteiger partial charge >= 0.3 is 0 Å². The molecule has 0 saturated heterocycles. The van der Waals surface area contributed by atoms with E-state index in [0.29, 0.717) is 6.54 Å². The number of aromatic amines is 1. The molecule has 1 heterocycles. The van der Waals surface area contributed by atoms with Crippen molar-refractivity contribution in [1.29, 1.82) is 0 Å². The predicted octanol–water partition coefficient (Wildman–Crippen LogP) is 4.20. The molecule has 1 fully saturated rings. The minimum atomic E-state index is -0.590. The molecule has 2 aliphatic carbocycles. The smallest absolute Gasteiger partial charge is 0.169 e. The fourth-order valence-electron chi connectivity index (χ4n) is 4.98. The van der Waals surface area contributed by atoms with Crippen LogP contribution in [0.25, 0.3) is 10.8 Å². The number of fused-ring (bicyclic) bond motifs is 2. The third kappa shape index (κ3) is 4.22. The fraction of sp³-hybridized carbons (Fsp3) is 0.400. The van der Waals surface area contributed by atoms with Crippen LogP contribution in [-0.2, 0) is 6.42 Å². The zero-order valence-corrected chi connectivity index (χ0v) is 18.5. The lowest BCUT2D eigenvalue weighted by Crippen LogP contribution is -2.44. The largest absolute Gasteiger partial charge is 0.487 e. The van der Waals surface area contributed by atoms with E-state index in [9.17, 15) is 9.90 Å². The van der Waals surface area contributed by atoms with Crippen molar-refractivity contribution >= 4 is 29.0 Å². The molecule has 1 aromatic heterocycles. The molecule has 0 bridgehead atoms. The number of aryl methyl sites for hydroxylation is 2. The highest BCUT2D eigenvalue weighted by atomic mass is 35.5. The van der Waals surface area contributed by atoms with E-state index < -0.39 is 6.10 Å². The van der Waals surface area contributed by atoms with Gasteiger partial charge in [0.1, 0.15) is 18.0 Å². The predicted molar refractivity (Wildman–Crippen MR) is 124 cm³/mol. The lowest BCUT2D eigenvalue weighted by Gasteiger charge is -2.26. The standard InChI is InChI=1S/C25H28N2O3.ClH/c1-15-13-19-20(27-15)10-9-17(24(19)28)14-26-21-11-12-23(25(21)29)30-22-8-4-6-16-5-2-3-7-18(16)22;/h2-8,13,17,21,23,25-27,29H,9-12,14H2,1H3;1H. The van der Waals surface area contributed by atoms with Gasteiger partial charge in [0, 0.05) is 40.8 Å². The zero-order valence-electron chi connectivity index (χ0n) is 17.6. The van der Waals surface area contributed by atoms with E-state index in [2.05, 4.69) is 22.4 Å². The summed E-state index contributed by atoms with van der Waals surface area (Å²) in [5, 5.41) is 16.5. The van der Waals surface area contributed by atoms with Crippen molar-refractivity contribution in [2.24, 2.45) is 5.92 Å². The van der Waals surface area contributed by atoms with Crippen LogP contribution in [0.2, 0.25) is 0 Å². The van der Waals surface area contributed by atoms with Crippen LogP contribution in [0.15, 0.2) is 48.5 Å². The van der Waals surface area contributed by atoms with Gasteiger partial charge in [0.15, 0.2) is 5.78 Å². The summed E-state index contributed by atoms with van der Waals surface area (Å²) in [5.74, 6) is 0.998. The summed E-state index contributed by atoms with van der Waals surface area (Å²) in [5.41, 5.74) is 2.95. The van der Waals surface area contributed by atoms with Gasteiger partial charge in [-0.15, -0.1) is 12.4 Å². The van der Waals surface area contributed by atoms with Crippen molar-refractivity contribution in [2.45, 2.75) is 50.9 Å². The first-order valence-electron chi connectivity index (χ1n) is 10.9. The minimum Gasteiger partial charge on any atom is -0.487 e. The van der Waals surface area contributed by atoms with Crippen molar-refractivity contribution in [1.82, 2.24) is 10.3 Å². The lowest BCUT2D eigenvalue weighted by atomic mass is 9.86. The van der Waals surface area contributed by atoms with Gasteiger partial charge < -0.3 is 20.1 Å². The summed E-state index contributed by atoms with van der Waals surface area (Å²) in [6, 6.07) is 16.1. The summed E-state index contributed by atoms with van der Waals surface area (Å²) in [4.78, 5) is 16.1. The average molecular weight is 441 g/mol. The summed E-state index contributed by atoms with van der Waals surface area (Å²) < 4.78 is 6.23. The normalized spacial score (nSPS) is 25.3. The maximum Gasteiger partial charge on any atom is 0.169 e. The quantitative estimate of drug-likeness (QED) is 0.555. The number of hydrogen-bond donors (Lipinski definition) is 3. The van der Waals surface area contributed by atoms with E-state index in [1.807, 2.05) is 43.3 Å². The molecule has 164 valence electrons. The molecule has 3 N–H and O–H groups in total. The van der Waals surface area contributed by atoms with Crippen molar-refractivity contribution in [3.05, 3.63) is 65.5 Å². The topological polar surface area (TPSA) is 74.3 Å². The number of aliphatic hydroxyl groups is 1. The van der Waals surface area contributed by atoms with E-state index in [4.69, 9.17) is 4.74 Å². The average Bonchev–Trinajstić information content (AvgIpc) is 3.30. The van der Waals surface area contributed by atoms with E-state index in [-0.39, 0.29) is 36.3 Å². The number of H-pyrrole nitrogens is 1. The van der Waals surface area contributed by atoms with Crippen LogP contribution in [0.1, 0.15) is 41.0 Å². The molecule has 2 aliphatic rings. The van der Waals surface area contributed by atoms with Crippen LogP contribution in [0.3, 0.4) is 0 Å². The molecule has 4 unspecified atom stereocenters. The molecule has 0 spiro atoms. The van der Waals surface area contributed by atoms with Crippen LogP contribution >= 0.6 is 12.4 Å². The van der Waals surface area contributed by atoms with Crippen molar-refractivity contribution in [2.75, 3.05) is 6.54 Å². The minimum absolute atomic E-state index is 0. The van der Waals surface area contributed by atoms with E-state index >= 15 is 0 Å². The Bertz CT molecular complexity index is 1070. The van der Waals surface area contributed by atoms with E-state index in [1.54, 1.807) is 0 Å². The van der Waals surface area contributed by atoms with E-state index in [0.717, 1.165) is 59.2 Å². The Labute approximate surface area is 188 Å². The number of benzene rings is 2. The Morgan fingerprint density at radius 1 is 1.13 bits per heavy atom. The number of rotatable bonds is 5. The Morgan fingerprint density at radius 3 is 2.81 bits per heavy atom. The maximum atomic E-state index is 12.8. The summed E-state index contributed by atoms with van der Waals surface area (Å²) in [6.07, 6.45) is 2.55. The Morgan fingerprint density at radius 2 is 1.94 bits per heavy atom. The number of aromatic nitrogens is 1. The molecule has 2 aromatic carbocycles. The van der Waals surface area contributed by atoms with Crippen LogP contribution < -0.4 is 10.1 Å². The molecule has 4 atom stereocenters. The number of hydrogen-bond acceptors (Lipinski definition) is 4. The molecule has 5 rings (SSSR count). The lowest BCUT2D eigenvalue weighted by molar-refractivity contribution is 0.0450. The van der Waals surface area contributed by atoms with Crippen LogP contribution in [0.4, 0.5) is 0 Å². The van der Waals surface area contributed by atoms with Crippen molar-refractivity contribution in [3.8, 4) is 5.75 Å². The van der Waals surface area contributed by atoms with Gasteiger partial charge in [-0.25, -0.2) is 0 Å². The highest BCUT2D eigenvalue weighted by Gasteiger charge is 2.37. The molecule has 31 heavy (non-hydrogen) atoms. The summed E-state index contributed by atoms with van der Waals surface area (Å²) in [7, 11) is 0. The van der Waals surface area contributed by atoms with Crippen molar-refractivity contribution < 1.29 is 14.6 Å². The second kappa shape index (κ2) is 9.03. The Hall–Kier alpha value is -2.34. The number of aliphatic hydroxyl groups excluding tert-OH is 1. The van der Waals surface area contributed by atoms with Gasteiger partial charge in [0.25, 0.3) is 0 Å². The SMILES string of the molecule is Cc1cc2c([nH]1)CCC(CNC1CCC(Oc3cccc4ccccc34)C1O)C2=O.Cl. The number of carbonyl (C=O) groups excluding carboxylic acids is 1. The Kier molecular flexibility index (Phi) is 6.37. The highest BCUT2D eigenvalue weighted by molar-refractivity contribution is 6.00. The molecule has 1 saturated carbocycles. The first kappa shape index (κ1) is 21.9. The van der Waals surface area contributed by atoms with Crippen LogP contribution in [0.5, 0.6) is 5.75 Å². The fourth-order valence-corrected chi connectivity index (χ4v) is 4.98. The first-order chi connectivity index (χ1) is 14.6. The zero-order chi connectivity index (χ0) is 20.7. The molecule has 0 aliphatic heterocycles. The number of ether oxygens (including phenoxy) is 1.